The van der Waals surface area contributed by atoms with Gasteiger partial charge in [0.25, 0.3) is 5.91 Å². The lowest BCUT2D eigenvalue weighted by molar-refractivity contribution is 0.0935. The van der Waals surface area contributed by atoms with Gasteiger partial charge in [-0.3, -0.25) is 4.79 Å². The summed E-state index contributed by atoms with van der Waals surface area (Å²) < 4.78 is 0.924. The van der Waals surface area contributed by atoms with E-state index in [9.17, 15) is 4.79 Å². The highest BCUT2D eigenvalue weighted by molar-refractivity contribution is 9.10. The summed E-state index contributed by atoms with van der Waals surface area (Å²) in [6.45, 7) is 6.80. The maximum atomic E-state index is 12.0. The fourth-order valence-corrected chi connectivity index (χ4v) is 2.75. The van der Waals surface area contributed by atoms with Crippen molar-refractivity contribution in [2.24, 2.45) is 5.41 Å². The lowest BCUT2D eigenvalue weighted by Gasteiger charge is -2.23. The van der Waals surface area contributed by atoms with Crippen molar-refractivity contribution >= 4 is 33.4 Å². The molecule has 18 heavy (non-hydrogen) atoms. The van der Waals surface area contributed by atoms with Crippen LogP contribution < -0.4 is 5.32 Å². The Hall–Kier alpha value is -0.540. The molecular weight excluding hydrogens is 314 g/mol. The molecule has 0 unspecified atom stereocenters. The van der Waals surface area contributed by atoms with Crippen LogP contribution in [-0.2, 0) is 0 Å². The molecule has 1 aromatic carbocycles. The van der Waals surface area contributed by atoms with Crippen molar-refractivity contribution in [2.75, 3.05) is 12.4 Å². The van der Waals surface area contributed by atoms with Crippen molar-refractivity contribution < 1.29 is 4.79 Å². The van der Waals surface area contributed by atoms with Crippen molar-refractivity contribution in [1.82, 2.24) is 5.32 Å². The van der Waals surface area contributed by atoms with Crippen molar-refractivity contribution in [3.8, 4) is 0 Å². The summed E-state index contributed by atoms with van der Waals surface area (Å²) in [4.78, 5) is 12.0. The quantitative estimate of drug-likeness (QED) is 0.807. The van der Waals surface area contributed by atoms with Crippen LogP contribution in [0.5, 0.6) is 0 Å². The Morgan fingerprint density at radius 3 is 2.61 bits per heavy atom. The number of halogens is 2. The minimum Gasteiger partial charge on any atom is -0.352 e. The third-order valence-corrected chi connectivity index (χ3v) is 3.45. The Balaban J connectivity index is 2.66. The van der Waals surface area contributed by atoms with E-state index >= 15 is 0 Å². The summed E-state index contributed by atoms with van der Waals surface area (Å²) in [6.07, 6.45) is 0.881. The number of hydrogen-bond acceptors (Lipinski definition) is 1. The molecule has 0 aliphatic carbocycles. The summed E-state index contributed by atoms with van der Waals surface area (Å²) in [7, 11) is 0. The summed E-state index contributed by atoms with van der Waals surface area (Å²) in [6, 6.07) is 5.69. The van der Waals surface area contributed by atoms with E-state index in [1.165, 1.54) is 0 Å². The Morgan fingerprint density at radius 2 is 2.06 bits per heavy atom. The smallest absolute Gasteiger partial charge is 0.251 e. The molecule has 1 amide bonds. The van der Waals surface area contributed by atoms with Crippen molar-refractivity contribution in [2.45, 2.75) is 27.2 Å². The number of alkyl halides is 1. The molecule has 1 aromatic rings. The number of carbonyl (C=O) groups excluding carboxylic acids is 1. The highest BCUT2D eigenvalue weighted by atomic mass is 79.9. The van der Waals surface area contributed by atoms with Crippen LogP contribution in [-0.4, -0.2) is 18.3 Å². The third kappa shape index (κ3) is 4.99. The van der Waals surface area contributed by atoms with Gasteiger partial charge in [0.15, 0.2) is 0 Å². The molecule has 0 aromatic heterocycles. The second-order valence-corrected chi connectivity index (χ2v) is 6.60. The first-order valence-corrected chi connectivity index (χ1v) is 7.28. The molecule has 0 saturated heterocycles. The second kappa shape index (κ2) is 6.58. The Bertz CT molecular complexity index is 412. The maximum absolute atomic E-state index is 12.0. The normalized spacial score (nSPS) is 11.4. The standard InChI is InChI=1S/C14H19BrClNO/c1-10-6-11(8-12(15)7-10)13(18)17-9-14(2,3)4-5-16/h6-8H,4-5,9H2,1-3H3,(H,17,18). The molecule has 100 valence electrons. The average Bonchev–Trinajstić information content (AvgIpc) is 2.24. The molecular formula is C14H19BrClNO. The first kappa shape index (κ1) is 15.5. The van der Waals surface area contributed by atoms with Crippen molar-refractivity contribution in [1.29, 1.82) is 0 Å². The van der Waals surface area contributed by atoms with Gasteiger partial charge in [-0.2, -0.15) is 0 Å². The average molecular weight is 333 g/mol. The number of aryl methyl sites for hydroxylation is 1. The van der Waals surface area contributed by atoms with Crippen LogP contribution in [0.15, 0.2) is 22.7 Å². The number of nitrogens with one attached hydrogen (secondary N) is 1. The van der Waals surface area contributed by atoms with Gasteiger partial charge in [0, 0.05) is 22.5 Å². The zero-order chi connectivity index (χ0) is 13.8. The first-order chi connectivity index (χ1) is 8.34. The largest absolute Gasteiger partial charge is 0.352 e. The van der Waals surface area contributed by atoms with Gasteiger partial charge in [-0.05, 0) is 42.5 Å². The topological polar surface area (TPSA) is 29.1 Å². The van der Waals surface area contributed by atoms with E-state index in [0.717, 1.165) is 16.5 Å². The fourth-order valence-electron chi connectivity index (χ4n) is 1.63. The number of hydrogen-bond donors (Lipinski definition) is 1. The Morgan fingerprint density at radius 1 is 1.39 bits per heavy atom. The van der Waals surface area contributed by atoms with Crippen LogP contribution in [0.1, 0.15) is 36.2 Å². The second-order valence-electron chi connectivity index (χ2n) is 5.30. The lowest BCUT2D eigenvalue weighted by Crippen LogP contribution is -2.34. The zero-order valence-corrected chi connectivity index (χ0v) is 13.4. The molecule has 0 fully saturated rings. The van der Waals surface area contributed by atoms with Crippen LogP contribution in [0, 0.1) is 12.3 Å². The molecule has 0 aliphatic heterocycles. The molecule has 0 bridgehead atoms. The molecule has 0 aliphatic rings. The van der Waals surface area contributed by atoms with Gasteiger partial charge >= 0.3 is 0 Å². The third-order valence-electron chi connectivity index (χ3n) is 2.80. The van der Waals surface area contributed by atoms with Crippen LogP contribution >= 0.6 is 27.5 Å². The number of rotatable bonds is 5. The van der Waals surface area contributed by atoms with Gasteiger partial charge in [-0.1, -0.05) is 29.8 Å². The fraction of sp³-hybridized carbons (Fsp3) is 0.500. The van der Waals surface area contributed by atoms with Crippen LogP contribution in [0.2, 0.25) is 0 Å². The summed E-state index contributed by atoms with van der Waals surface area (Å²) in [5, 5.41) is 2.96. The summed E-state index contributed by atoms with van der Waals surface area (Å²) in [5.41, 5.74) is 1.77. The molecule has 1 rings (SSSR count). The van der Waals surface area contributed by atoms with Gasteiger partial charge < -0.3 is 5.32 Å². The molecule has 2 nitrogen and oxygen atoms in total. The molecule has 4 heteroatoms. The SMILES string of the molecule is Cc1cc(Br)cc(C(=O)NCC(C)(C)CCCl)c1. The van der Waals surface area contributed by atoms with Gasteiger partial charge in [-0.15, -0.1) is 11.6 Å². The van der Waals surface area contributed by atoms with E-state index in [0.29, 0.717) is 18.0 Å². The first-order valence-electron chi connectivity index (χ1n) is 5.95. The monoisotopic (exact) mass is 331 g/mol. The highest BCUT2D eigenvalue weighted by Crippen LogP contribution is 2.20. The van der Waals surface area contributed by atoms with Gasteiger partial charge in [0.2, 0.25) is 0 Å². The van der Waals surface area contributed by atoms with E-state index in [-0.39, 0.29) is 11.3 Å². The predicted molar refractivity (Wildman–Crippen MR) is 80.3 cm³/mol. The lowest BCUT2D eigenvalue weighted by atomic mass is 9.90. The Labute approximate surface area is 122 Å². The molecule has 1 N–H and O–H groups in total. The van der Waals surface area contributed by atoms with E-state index in [4.69, 9.17) is 11.6 Å². The van der Waals surface area contributed by atoms with Crippen LogP contribution in [0.25, 0.3) is 0 Å². The van der Waals surface area contributed by atoms with E-state index in [2.05, 4.69) is 35.1 Å². The maximum Gasteiger partial charge on any atom is 0.251 e. The van der Waals surface area contributed by atoms with Gasteiger partial charge in [0.05, 0.1) is 0 Å². The minimum atomic E-state index is -0.0398. The van der Waals surface area contributed by atoms with Crippen LogP contribution in [0.3, 0.4) is 0 Å². The minimum absolute atomic E-state index is 0.0263. The van der Waals surface area contributed by atoms with Crippen molar-refractivity contribution in [3.63, 3.8) is 0 Å². The molecule has 0 saturated carbocycles. The summed E-state index contributed by atoms with van der Waals surface area (Å²) >= 11 is 9.14. The van der Waals surface area contributed by atoms with Gasteiger partial charge in [0.1, 0.15) is 0 Å². The predicted octanol–water partition coefficient (Wildman–Crippen LogP) is 4.14. The molecule has 0 atom stereocenters. The van der Waals surface area contributed by atoms with E-state index in [1.807, 2.05) is 25.1 Å². The van der Waals surface area contributed by atoms with Gasteiger partial charge in [-0.25, -0.2) is 0 Å². The molecule has 0 radical (unpaired) electrons. The number of carbonyl (C=O) groups is 1. The molecule has 0 heterocycles. The van der Waals surface area contributed by atoms with Crippen LogP contribution in [0.4, 0.5) is 0 Å². The zero-order valence-electron chi connectivity index (χ0n) is 11.0. The van der Waals surface area contributed by atoms with E-state index < -0.39 is 0 Å². The number of benzene rings is 1. The number of amides is 1. The summed E-state index contributed by atoms with van der Waals surface area (Å²) in [5.74, 6) is 0.570. The van der Waals surface area contributed by atoms with E-state index in [1.54, 1.807) is 0 Å². The Kier molecular flexibility index (Phi) is 5.67. The van der Waals surface area contributed by atoms with Crippen molar-refractivity contribution in [3.05, 3.63) is 33.8 Å². The molecule has 0 spiro atoms. The highest BCUT2D eigenvalue weighted by Gasteiger charge is 2.18.